The summed E-state index contributed by atoms with van der Waals surface area (Å²) in [4.78, 5) is 6.99. The fraction of sp³-hybridized carbons (Fsp3) is 0.312. The molecule has 0 aliphatic heterocycles. The number of hydrogen-bond donors (Lipinski definition) is 0. The summed E-state index contributed by atoms with van der Waals surface area (Å²) in [5.74, 6) is 1.21. The summed E-state index contributed by atoms with van der Waals surface area (Å²) in [5.41, 5.74) is 10.4. The Kier molecular flexibility index (Phi) is 5.63. The standard InChI is InChI=1S/C16H18N4O2/c1-3-9-21-15-12(2)10-14(19-20-17)18-16(15)22-11-13-7-5-4-6-8-13/h4-8,10H,3,9,11H2,1-2H3. The predicted octanol–water partition coefficient (Wildman–Crippen LogP) is 4.70. The Morgan fingerprint density at radius 2 is 2.00 bits per heavy atom. The van der Waals surface area contributed by atoms with Gasteiger partial charge in [0.05, 0.1) is 6.61 Å². The topological polar surface area (TPSA) is 80.1 Å². The minimum Gasteiger partial charge on any atom is -0.488 e. The molecule has 0 unspecified atom stereocenters. The summed E-state index contributed by atoms with van der Waals surface area (Å²) in [6.45, 7) is 4.85. The fourth-order valence-electron chi connectivity index (χ4n) is 1.92. The van der Waals surface area contributed by atoms with E-state index in [2.05, 4.69) is 15.0 Å². The molecule has 2 aromatic rings. The van der Waals surface area contributed by atoms with Crippen LogP contribution in [0.3, 0.4) is 0 Å². The van der Waals surface area contributed by atoms with E-state index in [0.29, 0.717) is 24.8 Å². The highest BCUT2D eigenvalue weighted by atomic mass is 16.5. The summed E-state index contributed by atoms with van der Waals surface area (Å²) >= 11 is 0. The average molecular weight is 298 g/mol. The molecule has 0 saturated heterocycles. The Morgan fingerprint density at radius 1 is 1.23 bits per heavy atom. The van der Waals surface area contributed by atoms with Gasteiger partial charge < -0.3 is 9.47 Å². The van der Waals surface area contributed by atoms with Crippen LogP contribution in [-0.2, 0) is 6.61 Å². The van der Waals surface area contributed by atoms with Gasteiger partial charge in [0.2, 0.25) is 0 Å². The molecule has 0 aliphatic rings. The Labute approximate surface area is 129 Å². The van der Waals surface area contributed by atoms with E-state index in [4.69, 9.17) is 15.0 Å². The molecule has 0 atom stereocenters. The number of rotatable bonds is 7. The molecular formula is C16H18N4O2. The highest BCUT2D eigenvalue weighted by molar-refractivity contribution is 5.48. The Bertz CT molecular complexity index is 667. The molecule has 0 bridgehead atoms. The quantitative estimate of drug-likeness (QED) is 0.422. The van der Waals surface area contributed by atoms with E-state index in [9.17, 15) is 0 Å². The molecule has 0 radical (unpaired) electrons. The minimum atomic E-state index is 0.270. The molecule has 0 aliphatic carbocycles. The van der Waals surface area contributed by atoms with Crippen molar-refractivity contribution in [3.63, 3.8) is 0 Å². The number of benzene rings is 1. The molecule has 22 heavy (non-hydrogen) atoms. The zero-order chi connectivity index (χ0) is 15.8. The van der Waals surface area contributed by atoms with E-state index >= 15 is 0 Å². The summed E-state index contributed by atoms with van der Waals surface area (Å²) in [7, 11) is 0. The molecular weight excluding hydrogens is 280 g/mol. The van der Waals surface area contributed by atoms with Gasteiger partial charge in [-0.05, 0) is 41.2 Å². The third-order valence-corrected chi connectivity index (χ3v) is 2.93. The zero-order valence-corrected chi connectivity index (χ0v) is 12.7. The van der Waals surface area contributed by atoms with Crippen LogP contribution >= 0.6 is 0 Å². The average Bonchev–Trinajstić information content (AvgIpc) is 2.53. The van der Waals surface area contributed by atoms with Crippen molar-refractivity contribution in [3.05, 3.63) is 58.0 Å². The van der Waals surface area contributed by atoms with Gasteiger partial charge in [0.1, 0.15) is 12.4 Å². The summed E-state index contributed by atoms with van der Waals surface area (Å²) in [6, 6.07) is 11.5. The van der Waals surface area contributed by atoms with Crippen LogP contribution < -0.4 is 9.47 Å². The number of pyridine rings is 1. The summed E-state index contributed by atoms with van der Waals surface area (Å²) in [6.07, 6.45) is 0.885. The number of aryl methyl sites for hydroxylation is 1. The van der Waals surface area contributed by atoms with Gasteiger partial charge in [0, 0.05) is 4.91 Å². The van der Waals surface area contributed by atoms with Crippen molar-refractivity contribution in [2.45, 2.75) is 26.9 Å². The van der Waals surface area contributed by atoms with Gasteiger partial charge in [-0.1, -0.05) is 37.3 Å². The van der Waals surface area contributed by atoms with Crippen molar-refractivity contribution in [1.82, 2.24) is 4.98 Å². The molecule has 6 heteroatoms. The van der Waals surface area contributed by atoms with Crippen LogP contribution in [0.2, 0.25) is 0 Å². The van der Waals surface area contributed by atoms with E-state index in [0.717, 1.165) is 17.5 Å². The van der Waals surface area contributed by atoms with Gasteiger partial charge in [-0.15, -0.1) is 0 Å². The first kappa shape index (κ1) is 15.7. The van der Waals surface area contributed by atoms with E-state index in [1.807, 2.05) is 44.2 Å². The smallest absolute Gasteiger partial charge is 0.258 e. The molecule has 0 fully saturated rings. The van der Waals surface area contributed by atoms with Crippen LogP contribution in [0.15, 0.2) is 41.5 Å². The monoisotopic (exact) mass is 298 g/mol. The lowest BCUT2D eigenvalue weighted by molar-refractivity contribution is 0.251. The third-order valence-electron chi connectivity index (χ3n) is 2.93. The maximum absolute atomic E-state index is 8.57. The van der Waals surface area contributed by atoms with Gasteiger partial charge in [-0.25, -0.2) is 4.98 Å². The number of ether oxygens (including phenoxy) is 2. The van der Waals surface area contributed by atoms with Gasteiger partial charge in [0.25, 0.3) is 5.88 Å². The van der Waals surface area contributed by atoms with Crippen molar-refractivity contribution in [2.24, 2.45) is 5.11 Å². The Balaban J connectivity index is 2.26. The molecule has 2 rings (SSSR count). The molecule has 1 aromatic heterocycles. The van der Waals surface area contributed by atoms with Crippen LogP contribution in [0.25, 0.3) is 10.4 Å². The molecule has 0 amide bonds. The number of azide groups is 1. The number of aromatic nitrogens is 1. The molecule has 0 saturated carbocycles. The largest absolute Gasteiger partial charge is 0.488 e. The van der Waals surface area contributed by atoms with Crippen molar-refractivity contribution in [3.8, 4) is 11.6 Å². The van der Waals surface area contributed by atoms with Crippen LogP contribution in [0.4, 0.5) is 5.82 Å². The van der Waals surface area contributed by atoms with E-state index < -0.39 is 0 Å². The third kappa shape index (κ3) is 4.14. The van der Waals surface area contributed by atoms with Crippen LogP contribution in [0, 0.1) is 6.92 Å². The predicted molar refractivity (Wildman–Crippen MR) is 84.3 cm³/mol. The number of hydrogen-bond acceptors (Lipinski definition) is 4. The van der Waals surface area contributed by atoms with Gasteiger partial charge in [0.15, 0.2) is 5.75 Å². The van der Waals surface area contributed by atoms with E-state index in [1.54, 1.807) is 6.07 Å². The number of nitrogens with zero attached hydrogens (tertiary/aromatic N) is 4. The first-order chi connectivity index (χ1) is 10.7. The minimum absolute atomic E-state index is 0.270. The maximum Gasteiger partial charge on any atom is 0.258 e. The summed E-state index contributed by atoms with van der Waals surface area (Å²) < 4.78 is 11.5. The molecule has 0 N–H and O–H groups in total. The van der Waals surface area contributed by atoms with Gasteiger partial charge >= 0.3 is 0 Å². The second-order valence-electron chi connectivity index (χ2n) is 4.74. The normalized spacial score (nSPS) is 9.91. The van der Waals surface area contributed by atoms with Crippen LogP contribution in [-0.4, -0.2) is 11.6 Å². The van der Waals surface area contributed by atoms with E-state index in [1.165, 1.54) is 0 Å². The van der Waals surface area contributed by atoms with Crippen molar-refractivity contribution in [2.75, 3.05) is 6.61 Å². The van der Waals surface area contributed by atoms with Crippen LogP contribution in [0.1, 0.15) is 24.5 Å². The summed E-state index contributed by atoms with van der Waals surface area (Å²) in [5, 5.41) is 3.54. The van der Waals surface area contributed by atoms with E-state index in [-0.39, 0.29) is 5.82 Å². The van der Waals surface area contributed by atoms with Crippen molar-refractivity contribution in [1.29, 1.82) is 0 Å². The first-order valence-corrected chi connectivity index (χ1v) is 7.11. The molecule has 114 valence electrons. The van der Waals surface area contributed by atoms with Crippen molar-refractivity contribution < 1.29 is 9.47 Å². The fourth-order valence-corrected chi connectivity index (χ4v) is 1.92. The Hall–Kier alpha value is -2.72. The second kappa shape index (κ2) is 7.90. The maximum atomic E-state index is 8.57. The van der Waals surface area contributed by atoms with Crippen molar-refractivity contribution >= 4 is 5.82 Å². The lowest BCUT2D eigenvalue weighted by atomic mass is 10.2. The second-order valence-corrected chi connectivity index (χ2v) is 4.74. The van der Waals surface area contributed by atoms with Gasteiger partial charge in [-0.2, -0.15) is 0 Å². The van der Waals surface area contributed by atoms with Gasteiger partial charge in [-0.3, -0.25) is 0 Å². The highest BCUT2D eigenvalue weighted by Gasteiger charge is 2.13. The lowest BCUT2D eigenvalue weighted by Crippen LogP contribution is -2.04. The molecule has 0 spiro atoms. The molecule has 6 nitrogen and oxygen atoms in total. The SMILES string of the molecule is CCCOc1c(C)cc(N=[N+]=[N-])nc1OCc1ccccc1. The lowest BCUT2D eigenvalue weighted by Gasteiger charge is -2.14. The highest BCUT2D eigenvalue weighted by Crippen LogP contribution is 2.33. The zero-order valence-electron chi connectivity index (χ0n) is 12.7. The van der Waals surface area contributed by atoms with Crippen LogP contribution in [0.5, 0.6) is 11.6 Å². The Morgan fingerprint density at radius 3 is 2.68 bits per heavy atom. The molecule has 1 heterocycles. The first-order valence-electron chi connectivity index (χ1n) is 7.11. The molecule has 1 aromatic carbocycles.